The van der Waals surface area contributed by atoms with Crippen LogP contribution < -0.4 is 5.32 Å². The number of anilines is 1. The Morgan fingerprint density at radius 3 is 2.83 bits per heavy atom. The molecule has 3 aromatic rings. The minimum atomic E-state index is -0.342. The molecule has 6 nitrogen and oxygen atoms in total. The predicted molar refractivity (Wildman–Crippen MR) is 91.0 cm³/mol. The topological polar surface area (TPSA) is 68.5 Å². The van der Waals surface area contributed by atoms with Gasteiger partial charge in [-0.3, -0.25) is 4.40 Å². The minimum Gasteiger partial charge on any atom is -0.465 e. The summed E-state index contributed by atoms with van der Waals surface area (Å²) in [6, 6.07) is 9.17. The molecule has 0 unspecified atom stereocenters. The fraction of sp³-hybridized carbons (Fsp3) is 0.278. The Kier molecular flexibility index (Phi) is 3.65. The molecule has 1 aliphatic rings. The van der Waals surface area contributed by atoms with Gasteiger partial charge < -0.3 is 10.1 Å². The molecule has 6 heteroatoms. The molecule has 0 amide bonds. The second-order valence-corrected chi connectivity index (χ2v) is 5.99. The van der Waals surface area contributed by atoms with Crippen LogP contribution in [-0.2, 0) is 4.74 Å². The average Bonchev–Trinajstić information content (AvgIpc) is 3.39. The number of rotatable bonds is 5. The molecule has 4 rings (SSSR count). The van der Waals surface area contributed by atoms with E-state index in [2.05, 4.69) is 15.3 Å². The Morgan fingerprint density at radius 2 is 2.12 bits per heavy atom. The zero-order valence-corrected chi connectivity index (χ0v) is 13.4. The summed E-state index contributed by atoms with van der Waals surface area (Å²) >= 11 is 0. The van der Waals surface area contributed by atoms with E-state index in [1.807, 2.05) is 28.8 Å². The molecule has 0 aliphatic heterocycles. The summed E-state index contributed by atoms with van der Waals surface area (Å²) in [5, 5.41) is 3.51. The first-order chi connectivity index (χ1) is 11.8. The van der Waals surface area contributed by atoms with Crippen molar-refractivity contribution in [2.75, 3.05) is 19.0 Å². The molecule has 1 aliphatic carbocycles. The van der Waals surface area contributed by atoms with Crippen LogP contribution >= 0.6 is 0 Å². The number of nitrogens with one attached hydrogen (secondary N) is 1. The molecule has 0 spiro atoms. The Balaban J connectivity index is 1.74. The van der Waals surface area contributed by atoms with E-state index >= 15 is 0 Å². The van der Waals surface area contributed by atoms with Crippen molar-refractivity contribution in [2.45, 2.75) is 12.8 Å². The van der Waals surface area contributed by atoms with Crippen LogP contribution in [0.2, 0.25) is 0 Å². The summed E-state index contributed by atoms with van der Waals surface area (Å²) in [5.74, 6) is 2.01. The second-order valence-electron chi connectivity index (χ2n) is 5.99. The monoisotopic (exact) mass is 322 g/mol. The van der Waals surface area contributed by atoms with Gasteiger partial charge in [0.2, 0.25) is 5.78 Å². The van der Waals surface area contributed by atoms with Crippen molar-refractivity contribution in [3.05, 3.63) is 48.3 Å². The van der Waals surface area contributed by atoms with Gasteiger partial charge in [0.05, 0.1) is 12.7 Å². The van der Waals surface area contributed by atoms with Crippen LogP contribution in [0.5, 0.6) is 0 Å². The number of hydrogen-bond acceptors (Lipinski definition) is 5. The van der Waals surface area contributed by atoms with E-state index in [1.165, 1.54) is 20.0 Å². The highest BCUT2D eigenvalue weighted by molar-refractivity contribution is 5.90. The molecule has 0 saturated heterocycles. The van der Waals surface area contributed by atoms with E-state index in [9.17, 15) is 4.79 Å². The van der Waals surface area contributed by atoms with E-state index < -0.39 is 0 Å². The molecular formula is C18H18N4O2. The maximum atomic E-state index is 11.6. The smallest absolute Gasteiger partial charge is 0.337 e. The van der Waals surface area contributed by atoms with Crippen LogP contribution in [0.4, 0.5) is 5.82 Å². The van der Waals surface area contributed by atoms with E-state index in [0.717, 1.165) is 29.5 Å². The third-order valence-corrected chi connectivity index (χ3v) is 4.24. The SMILES string of the molecule is COC(=O)c1ccc(-c2nc3ncccn3c2NCC2CC2)cc1. The van der Waals surface area contributed by atoms with Crippen molar-refractivity contribution < 1.29 is 9.53 Å². The van der Waals surface area contributed by atoms with Gasteiger partial charge in [-0.05, 0) is 37.0 Å². The second kappa shape index (κ2) is 5.96. The summed E-state index contributed by atoms with van der Waals surface area (Å²) < 4.78 is 6.71. The zero-order valence-electron chi connectivity index (χ0n) is 13.4. The molecule has 0 radical (unpaired) electrons. The third kappa shape index (κ3) is 2.71. The molecule has 1 fully saturated rings. The van der Waals surface area contributed by atoms with E-state index in [1.54, 1.807) is 18.3 Å². The number of imidazole rings is 1. The highest BCUT2D eigenvalue weighted by Gasteiger charge is 2.23. The molecule has 0 atom stereocenters. The number of fused-ring (bicyclic) bond motifs is 1. The van der Waals surface area contributed by atoms with Gasteiger partial charge in [0, 0.05) is 24.5 Å². The number of methoxy groups -OCH3 is 1. The van der Waals surface area contributed by atoms with Gasteiger partial charge in [0.1, 0.15) is 11.5 Å². The molecule has 1 aromatic carbocycles. The summed E-state index contributed by atoms with van der Waals surface area (Å²) in [4.78, 5) is 20.6. The van der Waals surface area contributed by atoms with Crippen molar-refractivity contribution in [1.82, 2.24) is 14.4 Å². The molecule has 122 valence electrons. The van der Waals surface area contributed by atoms with Gasteiger partial charge in [-0.2, -0.15) is 0 Å². The number of nitrogens with zero attached hydrogens (tertiary/aromatic N) is 3. The van der Waals surface area contributed by atoms with Gasteiger partial charge >= 0.3 is 5.97 Å². The lowest BCUT2D eigenvalue weighted by molar-refractivity contribution is 0.0601. The van der Waals surface area contributed by atoms with Gasteiger partial charge in [-0.25, -0.2) is 14.8 Å². The van der Waals surface area contributed by atoms with Gasteiger partial charge in [-0.15, -0.1) is 0 Å². The molecule has 0 bridgehead atoms. The fourth-order valence-electron chi connectivity index (χ4n) is 2.70. The lowest BCUT2D eigenvalue weighted by Gasteiger charge is -2.08. The number of ether oxygens (including phenoxy) is 1. The maximum Gasteiger partial charge on any atom is 0.337 e. The molecule has 2 aromatic heterocycles. The van der Waals surface area contributed by atoms with Crippen LogP contribution in [0.3, 0.4) is 0 Å². The van der Waals surface area contributed by atoms with Crippen molar-refractivity contribution in [2.24, 2.45) is 5.92 Å². The number of esters is 1. The highest BCUT2D eigenvalue weighted by Crippen LogP contribution is 2.32. The minimum absolute atomic E-state index is 0.342. The predicted octanol–water partition coefficient (Wildman–Crippen LogP) is 3.00. The first-order valence-electron chi connectivity index (χ1n) is 8.02. The number of aromatic nitrogens is 3. The highest BCUT2D eigenvalue weighted by atomic mass is 16.5. The number of benzene rings is 1. The van der Waals surface area contributed by atoms with E-state index in [-0.39, 0.29) is 5.97 Å². The van der Waals surface area contributed by atoms with E-state index in [0.29, 0.717) is 11.3 Å². The summed E-state index contributed by atoms with van der Waals surface area (Å²) in [7, 11) is 1.38. The number of carbonyl (C=O) groups is 1. The van der Waals surface area contributed by atoms with Crippen LogP contribution in [-0.4, -0.2) is 34.0 Å². The average molecular weight is 322 g/mol. The summed E-state index contributed by atoms with van der Waals surface area (Å²) in [5.41, 5.74) is 2.30. The van der Waals surface area contributed by atoms with Crippen molar-refractivity contribution >= 4 is 17.6 Å². The quantitative estimate of drug-likeness (QED) is 0.731. The largest absolute Gasteiger partial charge is 0.465 e. The Bertz CT molecular complexity index is 882. The Labute approximate surface area is 139 Å². The standard InChI is InChI=1S/C18H18N4O2/c1-24-17(23)14-7-5-13(6-8-14)15-16(20-11-12-3-4-12)22-10-2-9-19-18(22)21-15/h2,5-10,12,20H,3-4,11H2,1H3. The van der Waals surface area contributed by atoms with Gasteiger partial charge in [0.25, 0.3) is 0 Å². The summed E-state index contributed by atoms with van der Waals surface area (Å²) in [6.07, 6.45) is 6.25. The van der Waals surface area contributed by atoms with Gasteiger partial charge in [-0.1, -0.05) is 12.1 Å². The van der Waals surface area contributed by atoms with Crippen molar-refractivity contribution in [3.8, 4) is 11.3 Å². The maximum absolute atomic E-state index is 11.6. The van der Waals surface area contributed by atoms with Crippen LogP contribution in [0.15, 0.2) is 42.7 Å². The molecular weight excluding hydrogens is 304 g/mol. The lowest BCUT2D eigenvalue weighted by Crippen LogP contribution is -2.06. The molecule has 24 heavy (non-hydrogen) atoms. The fourth-order valence-corrected chi connectivity index (χ4v) is 2.70. The first kappa shape index (κ1) is 14.7. The Hall–Kier alpha value is -2.89. The van der Waals surface area contributed by atoms with Gasteiger partial charge in [0.15, 0.2) is 0 Å². The van der Waals surface area contributed by atoms with Crippen LogP contribution in [0.1, 0.15) is 23.2 Å². The van der Waals surface area contributed by atoms with Crippen LogP contribution in [0, 0.1) is 5.92 Å². The number of hydrogen-bond donors (Lipinski definition) is 1. The molecule has 1 N–H and O–H groups in total. The lowest BCUT2D eigenvalue weighted by atomic mass is 10.1. The normalized spacial score (nSPS) is 13.9. The number of carbonyl (C=O) groups excluding carboxylic acids is 1. The molecule has 2 heterocycles. The van der Waals surface area contributed by atoms with E-state index in [4.69, 9.17) is 4.74 Å². The summed E-state index contributed by atoms with van der Waals surface area (Å²) in [6.45, 7) is 0.940. The van der Waals surface area contributed by atoms with Crippen LogP contribution in [0.25, 0.3) is 17.0 Å². The van der Waals surface area contributed by atoms with Crippen molar-refractivity contribution in [1.29, 1.82) is 0 Å². The zero-order chi connectivity index (χ0) is 16.5. The van der Waals surface area contributed by atoms with Crippen molar-refractivity contribution in [3.63, 3.8) is 0 Å². The molecule has 1 saturated carbocycles. The first-order valence-corrected chi connectivity index (χ1v) is 8.02. The Morgan fingerprint density at radius 1 is 1.33 bits per heavy atom. The third-order valence-electron chi connectivity index (χ3n) is 4.24.